The van der Waals surface area contributed by atoms with Crippen LogP contribution in [0.1, 0.15) is 74.6 Å². The number of hydrogen-bond acceptors (Lipinski definition) is 6. The van der Waals surface area contributed by atoms with Crippen LogP contribution in [0.25, 0.3) is 0 Å². The third-order valence-electron chi connectivity index (χ3n) is 9.63. The Kier molecular flexibility index (Phi) is 12.3. The summed E-state index contributed by atoms with van der Waals surface area (Å²) in [7, 11) is 4.17. The second kappa shape index (κ2) is 16.6. The Hall–Kier alpha value is -2.95. The predicted molar refractivity (Wildman–Crippen MR) is 181 cm³/mol. The van der Waals surface area contributed by atoms with E-state index in [4.69, 9.17) is 0 Å². The van der Waals surface area contributed by atoms with Gasteiger partial charge in [-0.25, -0.2) is 4.79 Å². The molecular formula is C35H52N6O3S. The number of benzene rings is 1. The highest BCUT2D eigenvalue weighted by atomic mass is 32.1. The van der Waals surface area contributed by atoms with E-state index in [2.05, 4.69) is 41.0 Å². The molecule has 0 unspecified atom stereocenters. The number of likely N-dealkylation sites (tertiary alicyclic amines) is 1. The molecule has 1 aromatic heterocycles. The van der Waals surface area contributed by atoms with Gasteiger partial charge in [0.05, 0.1) is 18.5 Å². The second-order valence-electron chi connectivity index (χ2n) is 13.3. The third-order valence-corrected chi connectivity index (χ3v) is 10.5. The average Bonchev–Trinajstić information content (AvgIpc) is 3.59. The van der Waals surface area contributed by atoms with Gasteiger partial charge in [-0.05, 0) is 88.7 Å². The first-order chi connectivity index (χ1) is 21.9. The molecule has 45 heavy (non-hydrogen) atoms. The lowest BCUT2D eigenvalue weighted by Gasteiger charge is -2.41. The van der Waals surface area contributed by atoms with Crippen molar-refractivity contribution in [3.05, 3.63) is 52.2 Å². The Labute approximate surface area is 273 Å². The van der Waals surface area contributed by atoms with Crippen molar-refractivity contribution < 1.29 is 14.4 Å². The largest absolute Gasteiger partial charge is 0.351 e. The van der Waals surface area contributed by atoms with Gasteiger partial charge in [0.25, 0.3) is 0 Å². The molecule has 0 bridgehead atoms. The predicted octanol–water partition coefficient (Wildman–Crippen LogP) is 4.77. The molecule has 1 aliphatic carbocycles. The molecular weight excluding hydrogens is 584 g/mol. The van der Waals surface area contributed by atoms with E-state index in [1.165, 1.54) is 24.8 Å². The van der Waals surface area contributed by atoms with Gasteiger partial charge in [0, 0.05) is 42.3 Å². The minimum atomic E-state index is -0.532. The number of unbranched alkanes of at least 4 members (excludes halogenated alkanes) is 1. The van der Waals surface area contributed by atoms with Crippen molar-refractivity contribution in [1.82, 2.24) is 25.8 Å². The summed E-state index contributed by atoms with van der Waals surface area (Å²) in [4.78, 5) is 48.6. The quantitative estimate of drug-likeness (QED) is 0.292. The van der Waals surface area contributed by atoms with Crippen LogP contribution in [0.5, 0.6) is 0 Å². The maximum absolute atomic E-state index is 14.2. The van der Waals surface area contributed by atoms with E-state index in [0.717, 1.165) is 62.1 Å². The monoisotopic (exact) mass is 636 g/mol. The summed E-state index contributed by atoms with van der Waals surface area (Å²) in [5.41, 5.74) is 2.12. The van der Waals surface area contributed by atoms with Crippen LogP contribution in [0.3, 0.4) is 0 Å². The number of nitrogens with zero attached hydrogens (tertiary/aromatic N) is 3. The van der Waals surface area contributed by atoms with E-state index in [1.807, 2.05) is 45.5 Å². The summed E-state index contributed by atoms with van der Waals surface area (Å²) in [5, 5.41) is 12.1. The highest BCUT2D eigenvalue weighted by molar-refractivity contribution is 7.09. The number of fused-ring (bicyclic) bond motifs is 1. The molecule has 2 fully saturated rings. The molecule has 1 aromatic carbocycles. The lowest BCUT2D eigenvalue weighted by atomic mass is 9.90. The Bertz CT molecular complexity index is 1250. The van der Waals surface area contributed by atoms with Crippen LogP contribution in [-0.2, 0) is 22.6 Å². The number of thiophene rings is 1. The Balaban J connectivity index is 1.28. The van der Waals surface area contributed by atoms with Gasteiger partial charge in [0.2, 0.25) is 11.8 Å². The Morgan fingerprint density at radius 2 is 1.80 bits per heavy atom. The third kappa shape index (κ3) is 9.30. The van der Waals surface area contributed by atoms with Gasteiger partial charge in [-0.15, -0.1) is 11.3 Å². The molecule has 3 aliphatic rings. The van der Waals surface area contributed by atoms with Gasteiger partial charge in [-0.3, -0.25) is 14.5 Å². The number of amides is 4. The minimum absolute atomic E-state index is 0.0937. The maximum Gasteiger partial charge on any atom is 0.322 e. The molecule has 246 valence electrons. The summed E-state index contributed by atoms with van der Waals surface area (Å²) in [5.74, 6) is -0.556. The first-order valence-electron chi connectivity index (χ1n) is 17.0. The Morgan fingerprint density at radius 3 is 2.58 bits per heavy atom. The second-order valence-corrected chi connectivity index (χ2v) is 14.3. The van der Waals surface area contributed by atoms with Crippen molar-refractivity contribution in [1.29, 1.82) is 0 Å². The number of aryl methyl sites for hydroxylation is 1. The van der Waals surface area contributed by atoms with E-state index in [0.29, 0.717) is 38.6 Å². The van der Waals surface area contributed by atoms with Crippen LogP contribution in [-0.4, -0.2) is 86.0 Å². The van der Waals surface area contributed by atoms with Gasteiger partial charge in [-0.2, -0.15) is 0 Å². The molecule has 9 nitrogen and oxygen atoms in total. The number of carbonyl (C=O) groups excluding carboxylic acids is 3. The molecule has 0 radical (unpaired) electrons. The first-order valence-corrected chi connectivity index (χ1v) is 17.9. The number of urea groups is 1. The van der Waals surface area contributed by atoms with Gasteiger partial charge in [-0.1, -0.05) is 49.9 Å². The SMILES string of the molecule is CN(C)CCCC[C@@H](NC1CCCCC1)C(=O)N1CC[C@@H](NC(=O)N2CCCc3ccccc32)[C@@H](C(=O)NCc2cccs2)C1. The number of rotatable bonds is 12. The summed E-state index contributed by atoms with van der Waals surface area (Å²) in [6, 6.07) is 11.6. The number of anilines is 1. The zero-order valence-corrected chi connectivity index (χ0v) is 28.0. The van der Waals surface area contributed by atoms with Crippen molar-refractivity contribution >= 4 is 34.9 Å². The fourth-order valence-corrected chi connectivity index (χ4v) is 7.76. The highest BCUT2D eigenvalue weighted by Crippen LogP contribution is 2.28. The van der Waals surface area contributed by atoms with Crippen molar-refractivity contribution in [2.24, 2.45) is 5.92 Å². The zero-order chi connectivity index (χ0) is 31.6. The standard InChI is InChI=1S/C35H52N6O3S/c1-39(2)20-9-8-17-31(37-27-14-4-3-5-15-27)34(43)40-22-19-30(29(25-40)33(42)36-24-28-16-11-23-45-28)38-35(44)41-21-10-13-26-12-6-7-18-32(26)41/h6-7,11-12,16,18,23,27,29-31,37H,3-5,8-10,13-15,17,19-22,24-25H2,1-2H3,(H,36,42)(H,38,44)/t29-,30+,31+/m0/s1. The summed E-state index contributed by atoms with van der Waals surface area (Å²) in [6.07, 6.45) is 11.1. The van der Waals surface area contributed by atoms with Crippen molar-refractivity contribution in [2.45, 2.75) is 95.3 Å². The highest BCUT2D eigenvalue weighted by Gasteiger charge is 2.39. The first kappa shape index (κ1) is 33.4. The molecule has 0 spiro atoms. The normalized spacial score (nSPS) is 21.3. The van der Waals surface area contributed by atoms with E-state index in [1.54, 1.807) is 11.3 Å². The zero-order valence-electron chi connectivity index (χ0n) is 27.1. The molecule has 4 amide bonds. The number of hydrogen-bond donors (Lipinski definition) is 3. The van der Waals surface area contributed by atoms with E-state index in [9.17, 15) is 14.4 Å². The fraction of sp³-hybridized carbons (Fsp3) is 0.629. The van der Waals surface area contributed by atoms with Crippen LogP contribution in [0, 0.1) is 5.92 Å². The van der Waals surface area contributed by atoms with Crippen LogP contribution < -0.4 is 20.9 Å². The molecule has 1 saturated heterocycles. The summed E-state index contributed by atoms with van der Waals surface area (Å²) in [6.45, 7) is 2.92. The number of nitrogens with one attached hydrogen (secondary N) is 3. The van der Waals surface area contributed by atoms with Gasteiger partial charge in [0.15, 0.2) is 0 Å². The molecule has 3 heterocycles. The fourth-order valence-electron chi connectivity index (χ4n) is 7.12. The van der Waals surface area contributed by atoms with Crippen molar-refractivity contribution in [3.63, 3.8) is 0 Å². The average molecular weight is 637 g/mol. The van der Waals surface area contributed by atoms with Gasteiger partial charge < -0.3 is 25.8 Å². The van der Waals surface area contributed by atoms with Crippen LogP contribution in [0.15, 0.2) is 41.8 Å². The van der Waals surface area contributed by atoms with Crippen molar-refractivity contribution in [3.8, 4) is 0 Å². The van der Waals surface area contributed by atoms with E-state index >= 15 is 0 Å². The molecule has 10 heteroatoms. The van der Waals surface area contributed by atoms with Crippen LogP contribution >= 0.6 is 11.3 Å². The van der Waals surface area contributed by atoms with Crippen LogP contribution in [0.4, 0.5) is 10.5 Å². The maximum atomic E-state index is 14.2. The number of para-hydroxylation sites is 1. The van der Waals surface area contributed by atoms with E-state index in [-0.39, 0.29) is 29.9 Å². The van der Waals surface area contributed by atoms with Gasteiger partial charge in [0.1, 0.15) is 0 Å². The molecule has 2 aliphatic heterocycles. The topological polar surface area (TPSA) is 97.0 Å². The van der Waals surface area contributed by atoms with Crippen LogP contribution in [0.2, 0.25) is 0 Å². The lowest BCUT2D eigenvalue weighted by molar-refractivity contribution is -0.138. The minimum Gasteiger partial charge on any atom is -0.351 e. The molecule has 1 saturated carbocycles. The summed E-state index contributed by atoms with van der Waals surface area (Å²) >= 11 is 1.61. The van der Waals surface area contributed by atoms with Gasteiger partial charge >= 0.3 is 6.03 Å². The summed E-state index contributed by atoms with van der Waals surface area (Å²) < 4.78 is 0. The smallest absolute Gasteiger partial charge is 0.322 e. The molecule has 3 atom stereocenters. The van der Waals surface area contributed by atoms with Crippen molar-refractivity contribution in [2.75, 3.05) is 45.2 Å². The molecule has 3 N–H and O–H groups in total. The number of carbonyl (C=O) groups is 3. The van der Waals surface area contributed by atoms with E-state index < -0.39 is 5.92 Å². The Morgan fingerprint density at radius 1 is 0.978 bits per heavy atom. The molecule has 2 aromatic rings. The number of piperidine rings is 1. The lowest BCUT2D eigenvalue weighted by Crippen LogP contribution is -2.61. The molecule has 5 rings (SSSR count).